The van der Waals surface area contributed by atoms with Crippen molar-refractivity contribution in [2.45, 2.75) is 51.0 Å². The molecule has 0 aliphatic heterocycles. The van der Waals surface area contributed by atoms with Gasteiger partial charge >= 0.3 is 0 Å². The van der Waals surface area contributed by atoms with E-state index >= 15 is 0 Å². The second kappa shape index (κ2) is 4.15. The lowest BCUT2D eigenvalue weighted by Gasteiger charge is -2.23. The summed E-state index contributed by atoms with van der Waals surface area (Å²) < 4.78 is 0. The molecule has 0 heterocycles. The summed E-state index contributed by atoms with van der Waals surface area (Å²) in [4.78, 5) is 0. The molecule has 0 bridgehead atoms. The Morgan fingerprint density at radius 1 is 1.08 bits per heavy atom. The summed E-state index contributed by atoms with van der Waals surface area (Å²) in [6.07, 6.45) is 9.00. The van der Waals surface area contributed by atoms with E-state index in [2.05, 4.69) is 11.8 Å². The highest BCUT2D eigenvalue weighted by Gasteiger charge is 2.21. The second-order valence-electron chi connectivity index (χ2n) is 4.52. The Labute approximate surface area is 81.1 Å². The predicted molar refractivity (Wildman–Crippen MR) is 55.1 cm³/mol. The van der Waals surface area contributed by atoms with Crippen LogP contribution in [0.25, 0.3) is 0 Å². The van der Waals surface area contributed by atoms with Crippen LogP contribution in [0.15, 0.2) is 0 Å². The van der Waals surface area contributed by atoms with Crippen LogP contribution in [0, 0.1) is 23.7 Å². The summed E-state index contributed by atoms with van der Waals surface area (Å²) in [5.74, 6) is 8.13. The second-order valence-corrected chi connectivity index (χ2v) is 4.52. The first kappa shape index (κ1) is 9.09. The number of hydrogen-bond acceptors (Lipinski definition) is 1. The van der Waals surface area contributed by atoms with E-state index in [0.29, 0.717) is 12.0 Å². The molecule has 0 saturated heterocycles. The molecule has 2 atom stereocenters. The lowest BCUT2D eigenvalue weighted by Crippen LogP contribution is -2.31. The SMILES string of the molecule is N[C@@H]1CCCC[C@H]1C#CCC1CC1. The average molecular weight is 177 g/mol. The van der Waals surface area contributed by atoms with Gasteiger partial charge in [0.05, 0.1) is 0 Å². The van der Waals surface area contributed by atoms with Gasteiger partial charge in [-0.05, 0) is 31.6 Å². The number of hydrogen-bond donors (Lipinski definition) is 1. The molecule has 0 aromatic carbocycles. The molecule has 72 valence electrons. The molecular formula is C12H19N. The van der Waals surface area contributed by atoms with E-state index in [9.17, 15) is 0 Å². The van der Waals surface area contributed by atoms with Gasteiger partial charge < -0.3 is 5.73 Å². The summed E-state index contributed by atoms with van der Waals surface area (Å²) in [5.41, 5.74) is 6.01. The highest BCUT2D eigenvalue weighted by molar-refractivity contribution is 5.09. The Balaban J connectivity index is 1.78. The molecule has 2 aliphatic carbocycles. The van der Waals surface area contributed by atoms with Crippen LogP contribution < -0.4 is 5.73 Å². The third-order valence-corrected chi connectivity index (χ3v) is 3.19. The van der Waals surface area contributed by atoms with E-state index in [1.807, 2.05) is 0 Å². The monoisotopic (exact) mass is 177 g/mol. The lowest BCUT2D eigenvalue weighted by molar-refractivity contribution is 0.371. The van der Waals surface area contributed by atoms with E-state index in [-0.39, 0.29) is 0 Å². The molecular weight excluding hydrogens is 158 g/mol. The third kappa shape index (κ3) is 2.74. The van der Waals surface area contributed by atoms with E-state index < -0.39 is 0 Å². The smallest absolute Gasteiger partial charge is 0.0354 e. The summed E-state index contributed by atoms with van der Waals surface area (Å²) in [5, 5.41) is 0. The van der Waals surface area contributed by atoms with Crippen molar-refractivity contribution < 1.29 is 0 Å². The zero-order valence-electron chi connectivity index (χ0n) is 8.26. The minimum absolute atomic E-state index is 0.362. The van der Waals surface area contributed by atoms with Crippen LogP contribution in [-0.4, -0.2) is 6.04 Å². The van der Waals surface area contributed by atoms with Crippen LogP contribution in [0.1, 0.15) is 44.9 Å². The fraction of sp³-hybridized carbons (Fsp3) is 0.833. The molecule has 2 fully saturated rings. The summed E-state index contributed by atoms with van der Waals surface area (Å²) in [7, 11) is 0. The van der Waals surface area contributed by atoms with Crippen molar-refractivity contribution in [2.24, 2.45) is 17.6 Å². The van der Waals surface area contributed by atoms with Gasteiger partial charge in [0.15, 0.2) is 0 Å². The number of rotatable bonds is 1. The molecule has 0 radical (unpaired) electrons. The Morgan fingerprint density at radius 3 is 2.54 bits per heavy atom. The first-order valence-electron chi connectivity index (χ1n) is 5.60. The molecule has 0 spiro atoms. The van der Waals surface area contributed by atoms with Crippen LogP contribution in [0.5, 0.6) is 0 Å². The van der Waals surface area contributed by atoms with E-state index in [0.717, 1.165) is 12.3 Å². The van der Waals surface area contributed by atoms with Crippen LogP contribution in [-0.2, 0) is 0 Å². The summed E-state index contributed by atoms with van der Waals surface area (Å²) >= 11 is 0. The average Bonchev–Trinajstić information content (AvgIpc) is 2.92. The van der Waals surface area contributed by atoms with Crippen LogP contribution in [0.3, 0.4) is 0 Å². The molecule has 13 heavy (non-hydrogen) atoms. The van der Waals surface area contributed by atoms with Gasteiger partial charge in [0.1, 0.15) is 0 Å². The summed E-state index contributed by atoms with van der Waals surface area (Å²) in [6.45, 7) is 0. The predicted octanol–water partition coefficient (Wildman–Crippen LogP) is 2.31. The van der Waals surface area contributed by atoms with Crippen molar-refractivity contribution >= 4 is 0 Å². The molecule has 0 amide bonds. The maximum atomic E-state index is 6.01. The van der Waals surface area contributed by atoms with Gasteiger partial charge in [-0.2, -0.15) is 0 Å². The highest BCUT2D eigenvalue weighted by atomic mass is 14.6. The Morgan fingerprint density at radius 2 is 1.85 bits per heavy atom. The highest BCUT2D eigenvalue weighted by Crippen LogP contribution is 2.32. The molecule has 0 aromatic heterocycles. The van der Waals surface area contributed by atoms with E-state index in [4.69, 9.17) is 5.73 Å². The number of nitrogens with two attached hydrogens (primary N) is 1. The van der Waals surface area contributed by atoms with Gasteiger partial charge in [-0.15, -0.1) is 5.92 Å². The van der Waals surface area contributed by atoms with Crippen molar-refractivity contribution in [1.29, 1.82) is 0 Å². The topological polar surface area (TPSA) is 26.0 Å². The van der Waals surface area contributed by atoms with Gasteiger partial charge in [0.2, 0.25) is 0 Å². The van der Waals surface area contributed by atoms with Crippen molar-refractivity contribution in [1.82, 2.24) is 0 Å². The third-order valence-electron chi connectivity index (χ3n) is 3.19. The minimum atomic E-state index is 0.362. The van der Waals surface area contributed by atoms with Gasteiger partial charge in [-0.1, -0.05) is 18.8 Å². The first-order valence-corrected chi connectivity index (χ1v) is 5.60. The van der Waals surface area contributed by atoms with Gasteiger partial charge in [0.25, 0.3) is 0 Å². The molecule has 0 unspecified atom stereocenters. The van der Waals surface area contributed by atoms with Gasteiger partial charge in [0, 0.05) is 18.4 Å². The standard InChI is InChI=1S/C12H19N/c13-12-7-2-1-5-11(12)6-3-4-10-8-9-10/h10-12H,1-2,4-5,7-9,13H2/t11-,12+/m0/s1. The van der Waals surface area contributed by atoms with E-state index in [1.54, 1.807) is 0 Å². The van der Waals surface area contributed by atoms with Crippen LogP contribution >= 0.6 is 0 Å². The Hall–Kier alpha value is -0.480. The molecule has 2 saturated carbocycles. The maximum absolute atomic E-state index is 6.01. The Kier molecular flexibility index (Phi) is 2.90. The molecule has 2 aliphatic rings. The fourth-order valence-electron chi connectivity index (χ4n) is 2.00. The molecule has 1 heteroatoms. The van der Waals surface area contributed by atoms with Crippen molar-refractivity contribution in [3.05, 3.63) is 0 Å². The van der Waals surface area contributed by atoms with E-state index in [1.165, 1.54) is 38.5 Å². The minimum Gasteiger partial charge on any atom is -0.327 e. The lowest BCUT2D eigenvalue weighted by atomic mass is 9.85. The molecule has 1 nitrogen and oxygen atoms in total. The maximum Gasteiger partial charge on any atom is 0.0354 e. The molecule has 0 aromatic rings. The quantitative estimate of drug-likeness (QED) is 0.611. The van der Waals surface area contributed by atoms with Crippen molar-refractivity contribution in [3.63, 3.8) is 0 Å². The molecule has 2 N–H and O–H groups in total. The van der Waals surface area contributed by atoms with Crippen LogP contribution in [0.2, 0.25) is 0 Å². The normalized spacial score (nSPS) is 33.6. The van der Waals surface area contributed by atoms with Crippen LogP contribution in [0.4, 0.5) is 0 Å². The van der Waals surface area contributed by atoms with Gasteiger partial charge in [-0.3, -0.25) is 0 Å². The zero-order valence-corrected chi connectivity index (χ0v) is 8.26. The first-order chi connectivity index (χ1) is 6.36. The summed E-state index contributed by atoms with van der Waals surface area (Å²) in [6, 6.07) is 0.362. The fourth-order valence-corrected chi connectivity index (χ4v) is 2.00. The zero-order chi connectivity index (χ0) is 9.10. The largest absolute Gasteiger partial charge is 0.327 e. The van der Waals surface area contributed by atoms with Crippen molar-refractivity contribution in [2.75, 3.05) is 0 Å². The van der Waals surface area contributed by atoms with Gasteiger partial charge in [-0.25, -0.2) is 0 Å². The molecule has 2 rings (SSSR count). The van der Waals surface area contributed by atoms with Crippen molar-refractivity contribution in [3.8, 4) is 11.8 Å². The Bertz CT molecular complexity index is 219.